The van der Waals surface area contributed by atoms with Crippen LogP contribution in [0.15, 0.2) is 78.9 Å². The van der Waals surface area contributed by atoms with E-state index in [4.69, 9.17) is 4.74 Å². The smallest absolute Gasteiger partial charge is 0.337 e. The number of esters is 1. The predicted octanol–water partition coefficient (Wildman–Crippen LogP) is 4.59. The number of aryl methyl sites for hydroxylation is 1. The highest BCUT2D eigenvalue weighted by Crippen LogP contribution is 2.26. The summed E-state index contributed by atoms with van der Waals surface area (Å²) in [4.78, 5) is 28.7. The summed E-state index contributed by atoms with van der Waals surface area (Å²) in [5.74, 6) is -0.482. The van der Waals surface area contributed by atoms with Crippen LogP contribution in [0.5, 0.6) is 0 Å². The van der Waals surface area contributed by atoms with Gasteiger partial charge in [-0.1, -0.05) is 36.4 Å². The molecule has 0 saturated heterocycles. The van der Waals surface area contributed by atoms with E-state index in [0.29, 0.717) is 30.8 Å². The topological polar surface area (TPSA) is 92.4 Å². The lowest BCUT2D eigenvalue weighted by molar-refractivity contribution is 0.0600. The number of fused-ring (bicyclic) bond motifs is 1. The van der Waals surface area contributed by atoms with Crippen LogP contribution in [-0.4, -0.2) is 37.1 Å². The second-order valence-corrected chi connectivity index (χ2v) is 8.16. The minimum Gasteiger partial charge on any atom is -0.465 e. The van der Waals surface area contributed by atoms with Crippen LogP contribution in [0.3, 0.4) is 0 Å². The van der Waals surface area contributed by atoms with Gasteiger partial charge in [0.05, 0.1) is 18.2 Å². The Kier molecular flexibility index (Phi) is 7.70. The maximum atomic E-state index is 12.7. The van der Waals surface area contributed by atoms with Crippen molar-refractivity contribution in [2.45, 2.75) is 13.5 Å². The van der Waals surface area contributed by atoms with Crippen LogP contribution in [0.4, 0.5) is 11.4 Å². The molecular weight excluding hydrogens is 440 g/mol. The van der Waals surface area contributed by atoms with Gasteiger partial charge in [0.15, 0.2) is 0 Å². The van der Waals surface area contributed by atoms with E-state index in [-0.39, 0.29) is 11.9 Å². The number of methoxy groups -OCH3 is 1. The quantitative estimate of drug-likeness (QED) is 0.246. The van der Waals surface area contributed by atoms with E-state index in [1.54, 1.807) is 18.2 Å². The van der Waals surface area contributed by atoms with Gasteiger partial charge in [-0.3, -0.25) is 9.78 Å². The Hall–Kier alpha value is -4.23. The molecule has 1 aromatic heterocycles. The first kappa shape index (κ1) is 23.9. The van der Waals surface area contributed by atoms with Crippen molar-refractivity contribution >= 4 is 34.2 Å². The number of anilines is 2. The number of nitrogens with zero attached hydrogens (tertiary/aromatic N) is 1. The third-order valence-electron chi connectivity index (χ3n) is 5.54. The van der Waals surface area contributed by atoms with Crippen molar-refractivity contribution in [1.82, 2.24) is 15.6 Å². The van der Waals surface area contributed by atoms with Gasteiger partial charge >= 0.3 is 5.97 Å². The number of aromatic nitrogens is 1. The lowest BCUT2D eigenvalue weighted by atomic mass is 10.1. The molecule has 7 heteroatoms. The maximum Gasteiger partial charge on any atom is 0.337 e. The van der Waals surface area contributed by atoms with Crippen molar-refractivity contribution in [3.05, 3.63) is 101 Å². The number of nitrogens with one attached hydrogen (secondary N) is 3. The molecule has 0 fully saturated rings. The van der Waals surface area contributed by atoms with E-state index in [1.165, 1.54) is 7.11 Å². The van der Waals surface area contributed by atoms with Gasteiger partial charge in [-0.2, -0.15) is 0 Å². The number of hydrogen-bond donors (Lipinski definition) is 3. The number of pyridine rings is 1. The SMILES string of the molecule is COC(=O)c1ccc(CNCCNC(=O)c2cccc(Nc3cc(C)nc4ccccc34)c2)cc1. The molecule has 7 nitrogen and oxygen atoms in total. The van der Waals surface area contributed by atoms with Gasteiger partial charge in [0.1, 0.15) is 0 Å². The largest absolute Gasteiger partial charge is 0.465 e. The van der Waals surface area contributed by atoms with E-state index in [9.17, 15) is 9.59 Å². The summed E-state index contributed by atoms with van der Waals surface area (Å²) in [6.45, 7) is 3.71. The monoisotopic (exact) mass is 468 g/mol. The molecular formula is C28H28N4O3. The van der Waals surface area contributed by atoms with Crippen molar-refractivity contribution in [2.24, 2.45) is 0 Å². The van der Waals surface area contributed by atoms with Crippen molar-refractivity contribution in [1.29, 1.82) is 0 Å². The molecule has 35 heavy (non-hydrogen) atoms. The summed E-state index contributed by atoms with van der Waals surface area (Å²) in [5.41, 5.74) is 5.79. The highest BCUT2D eigenvalue weighted by atomic mass is 16.5. The first-order valence-electron chi connectivity index (χ1n) is 11.4. The van der Waals surface area contributed by atoms with Crippen LogP contribution in [0.25, 0.3) is 10.9 Å². The van der Waals surface area contributed by atoms with E-state index in [2.05, 4.69) is 20.9 Å². The first-order valence-corrected chi connectivity index (χ1v) is 11.4. The lowest BCUT2D eigenvalue weighted by Crippen LogP contribution is -2.31. The molecule has 0 aliphatic carbocycles. The molecule has 0 atom stereocenters. The summed E-state index contributed by atoms with van der Waals surface area (Å²) >= 11 is 0. The Morgan fingerprint density at radius 2 is 1.69 bits per heavy atom. The third kappa shape index (κ3) is 6.22. The van der Waals surface area contributed by atoms with Crippen LogP contribution in [0.1, 0.15) is 32.0 Å². The molecule has 0 bridgehead atoms. The molecule has 3 N–H and O–H groups in total. The average Bonchev–Trinajstić information content (AvgIpc) is 2.88. The fraction of sp³-hybridized carbons (Fsp3) is 0.179. The standard InChI is InChI=1S/C28H28N4O3/c1-19-16-26(24-8-3-4-9-25(24)31-19)32-23-7-5-6-22(17-23)27(33)30-15-14-29-18-20-10-12-21(13-11-20)28(34)35-2/h3-13,16-17,29H,14-15,18H2,1-2H3,(H,30,33)(H,31,32). The Morgan fingerprint density at radius 3 is 2.49 bits per heavy atom. The van der Waals surface area contributed by atoms with E-state index in [0.717, 1.165) is 33.5 Å². The summed E-state index contributed by atoms with van der Waals surface area (Å²) in [6.07, 6.45) is 0. The fourth-order valence-corrected chi connectivity index (χ4v) is 3.78. The van der Waals surface area contributed by atoms with E-state index < -0.39 is 0 Å². The zero-order chi connectivity index (χ0) is 24.6. The number of carbonyl (C=O) groups excluding carboxylic acids is 2. The van der Waals surface area contributed by atoms with Crippen molar-refractivity contribution in [3.63, 3.8) is 0 Å². The summed E-state index contributed by atoms with van der Waals surface area (Å²) in [5, 5.41) is 10.7. The minimum absolute atomic E-state index is 0.131. The molecule has 0 aliphatic heterocycles. The molecule has 0 saturated carbocycles. The number of hydrogen-bond acceptors (Lipinski definition) is 6. The second kappa shape index (κ2) is 11.3. The zero-order valence-electron chi connectivity index (χ0n) is 19.8. The molecule has 1 amide bonds. The highest BCUT2D eigenvalue weighted by molar-refractivity contribution is 5.96. The number of ether oxygens (including phenoxy) is 1. The number of amides is 1. The molecule has 0 spiro atoms. The van der Waals surface area contributed by atoms with Crippen molar-refractivity contribution in [3.8, 4) is 0 Å². The van der Waals surface area contributed by atoms with Gasteiger partial charge in [0.25, 0.3) is 5.91 Å². The summed E-state index contributed by atoms with van der Waals surface area (Å²) in [7, 11) is 1.36. The molecule has 0 radical (unpaired) electrons. The molecule has 178 valence electrons. The van der Waals surface area contributed by atoms with Crippen molar-refractivity contribution < 1.29 is 14.3 Å². The third-order valence-corrected chi connectivity index (χ3v) is 5.54. The molecule has 4 rings (SSSR count). The van der Waals surface area contributed by atoms with E-state index in [1.807, 2.05) is 67.6 Å². The van der Waals surface area contributed by atoms with Crippen LogP contribution < -0.4 is 16.0 Å². The second-order valence-electron chi connectivity index (χ2n) is 8.16. The van der Waals surface area contributed by atoms with Gasteiger partial charge in [-0.15, -0.1) is 0 Å². The molecule has 3 aromatic carbocycles. The average molecular weight is 469 g/mol. The number of para-hydroxylation sites is 1. The highest BCUT2D eigenvalue weighted by Gasteiger charge is 2.08. The first-order chi connectivity index (χ1) is 17.0. The fourth-order valence-electron chi connectivity index (χ4n) is 3.78. The Labute approximate surface area is 204 Å². The van der Waals surface area contributed by atoms with Crippen LogP contribution in [0.2, 0.25) is 0 Å². The molecule has 1 heterocycles. The Morgan fingerprint density at radius 1 is 0.886 bits per heavy atom. The number of benzene rings is 3. The van der Waals surface area contributed by atoms with Gasteiger partial charge in [-0.05, 0) is 55.0 Å². The number of carbonyl (C=O) groups is 2. The Bertz CT molecular complexity index is 1340. The van der Waals surface area contributed by atoms with Crippen LogP contribution in [-0.2, 0) is 11.3 Å². The van der Waals surface area contributed by atoms with E-state index >= 15 is 0 Å². The molecule has 4 aromatic rings. The van der Waals surface area contributed by atoms with Gasteiger partial charge in [0, 0.05) is 47.7 Å². The summed E-state index contributed by atoms with van der Waals surface area (Å²) in [6, 6.07) is 24.7. The normalized spacial score (nSPS) is 10.7. The molecule has 0 unspecified atom stereocenters. The zero-order valence-corrected chi connectivity index (χ0v) is 19.8. The van der Waals surface area contributed by atoms with Gasteiger partial charge in [-0.25, -0.2) is 4.79 Å². The Balaban J connectivity index is 1.29. The summed E-state index contributed by atoms with van der Waals surface area (Å²) < 4.78 is 4.71. The van der Waals surface area contributed by atoms with Crippen LogP contribution in [0, 0.1) is 6.92 Å². The number of rotatable bonds is 9. The van der Waals surface area contributed by atoms with Crippen LogP contribution >= 0.6 is 0 Å². The van der Waals surface area contributed by atoms with Crippen molar-refractivity contribution in [2.75, 3.05) is 25.5 Å². The molecule has 0 aliphatic rings. The lowest BCUT2D eigenvalue weighted by Gasteiger charge is -2.12. The maximum absolute atomic E-state index is 12.7. The van der Waals surface area contributed by atoms with Gasteiger partial charge < -0.3 is 20.7 Å². The van der Waals surface area contributed by atoms with Gasteiger partial charge in [0.2, 0.25) is 0 Å². The predicted molar refractivity (Wildman–Crippen MR) is 138 cm³/mol. The minimum atomic E-state index is -0.351.